The number of hydrogen-bond donors (Lipinski definition) is 0. The van der Waals surface area contributed by atoms with Gasteiger partial charge in [-0.15, -0.1) is 0 Å². The molecule has 0 amide bonds. The minimum absolute atomic E-state index is 0.0217. The summed E-state index contributed by atoms with van der Waals surface area (Å²) in [4.78, 5) is 24.1. The Morgan fingerprint density at radius 1 is 0.877 bits per heavy atom. The third-order valence-corrected chi connectivity index (χ3v) is 17.8. The number of benzene rings is 1. The molecule has 0 saturated heterocycles. The fraction of sp³-hybridized carbons (Fsp3) is 0.720. The first-order valence-corrected chi connectivity index (χ1v) is 22.6. The van der Waals surface area contributed by atoms with Gasteiger partial charge in [0.25, 0.3) is 0 Å². The van der Waals surface area contributed by atoms with Crippen molar-refractivity contribution in [1.29, 1.82) is 0 Å². The Hall–Kier alpha value is -2.80. The molecule has 0 radical (unpaired) electrons. The van der Waals surface area contributed by atoms with Gasteiger partial charge in [0, 0.05) is 19.3 Å². The van der Waals surface area contributed by atoms with E-state index in [9.17, 15) is 18.4 Å². The molecule has 7 heteroatoms. The first kappa shape index (κ1) is 41.0. The largest absolute Gasteiger partial charge is 0.462 e. The van der Waals surface area contributed by atoms with Gasteiger partial charge in [-0.2, -0.15) is 4.39 Å². The van der Waals surface area contributed by atoms with Crippen molar-refractivity contribution < 1.29 is 32.6 Å². The van der Waals surface area contributed by atoms with Crippen molar-refractivity contribution in [1.82, 2.24) is 0 Å². The van der Waals surface area contributed by atoms with E-state index in [1.807, 2.05) is 0 Å². The summed E-state index contributed by atoms with van der Waals surface area (Å²) in [5.74, 6) is 1.36. The van der Waals surface area contributed by atoms with Crippen LogP contribution in [0, 0.1) is 57.7 Å². The molecule has 0 bridgehead atoms. The zero-order valence-corrected chi connectivity index (χ0v) is 35.4. The van der Waals surface area contributed by atoms with Crippen molar-refractivity contribution in [3.63, 3.8) is 0 Å². The maximum atomic E-state index is 13.9. The van der Waals surface area contributed by atoms with Crippen molar-refractivity contribution >= 4 is 11.9 Å². The molecule has 4 saturated carbocycles. The summed E-state index contributed by atoms with van der Waals surface area (Å²) in [5.41, 5.74) is 8.12. The minimum atomic E-state index is -1.05. The van der Waals surface area contributed by atoms with Crippen molar-refractivity contribution in [3.8, 4) is 0 Å². The van der Waals surface area contributed by atoms with Crippen LogP contribution in [0.2, 0.25) is 0 Å². The van der Waals surface area contributed by atoms with Gasteiger partial charge in [-0.25, -0.2) is 9.18 Å². The molecule has 0 spiro atoms. The SMILES string of the molecule is C=C(F)C(=O)OC[C@@H](CO[C@H]1CC[C@@]2(C)C(CC=C3C2CC[C@@]2(C)C3CCC2[C@H](C)/C=C/CF)C1)C1CCC2c3ccc4c(c3CC[C@@]21C)CC[C@H](OC(C)=O)C4. The Bertz CT molecular complexity index is 1780. The fourth-order valence-electron chi connectivity index (χ4n) is 14.9. The molecule has 6 unspecified atom stereocenters. The highest BCUT2D eigenvalue weighted by Gasteiger charge is 2.58. The molecule has 312 valence electrons. The second-order valence-electron chi connectivity index (χ2n) is 20.4. The van der Waals surface area contributed by atoms with E-state index in [2.05, 4.69) is 58.6 Å². The molecule has 1 aromatic carbocycles. The highest BCUT2D eigenvalue weighted by atomic mass is 19.1. The average molecular weight is 787 g/mol. The van der Waals surface area contributed by atoms with Gasteiger partial charge in [0.2, 0.25) is 5.83 Å². The van der Waals surface area contributed by atoms with Crippen LogP contribution < -0.4 is 0 Å². The van der Waals surface area contributed by atoms with Crippen LogP contribution >= 0.6 is 0 Å². The van der Waals surface area contributed by atoms with Gasteiger partial charge in [0.05, 0.1) is 19.3 Å². The van der Waals surface area contributed by atoms with Crippen molar-refractivity contribution in [2.75, 3.05) is 19.9 Å². The van der Waals surface area contributed by atoms with Crippen LogP contribution in [0.3, 0.4) is 0 Å². The van der Waals surface area contributed by atoms with Crippen LogP contribution in [-0.4, -0.2) is 44.0 Å². The number of carbonyl (C=O) groups excluding carboxylic acids is 2. The number of halogens is 2. The molecule has 0 aliphatic heterocycles. The van der Waals surface area contributed by atoms with Crippen molar-refractivity contribution in [3.05, 3.63) is 70.6 Å². The van der Waals surface area contributed by atoms with E-state index in [0.29, 0.717) is 47.5 Å². The first-order chi connectivity index (χ1) is 27.3. The summed E-state index contributed by atoms with van der Waals surface area (Å²) in [6.45, 7) is 14.9. The van der Waals surface area contributed by atoms with E-state index in [1.54, 1.807) is 11.6 Å². The highest BCUT2D eigenvalue weighted by Crippen LogP contribution is 2.67. The van der Waals surface area contributed by atoms with Gasteiger partial charge in [-0.1, -0.05) is 70.2 Å². The molecule has 0 heterocycles. The number of ether oxygens (including phenoxy) is 3. The number of allylic oxidation sites excluding steroid dienone is 4. The predicted molar refractivity (Wildman–Crippen MR) is 220 cm³/mol. The lowest BCUT2D eigenvalue weighted by atomic mass is 9.47. The van der Waals surface area contributed by atoms with Crippen LogP contribution in [0.15, 0.2) is 48.3 Å². The van der Waals surface area contributed by atoms with Crippen LogP contribution in [-0.2, 0) is 43.1 Å². The molecular formula is C50H68F2O5. The number of fused-ring (bicyclic) bond motifs is 10. The molecule has 0 N–H and O–H groups in total. The monoisotopic (exact) mass is 787 g/mol. The molecule has 7 aliphatic rings. The molecule has 5 nitrogen and oxygen atoms in total. The van der Waals surface area contributed by atoms with Crippen LogP contribution in [0.25, 0.3) is 0 Å². The summed E-state index contributed by atoms with van der Waals surface area (Å²) < 4.78 is 45.1. The van der Waals surface area contributed by atoms with Gasteiger partial charge in [-0.05, 0) is 170 Å². The summed E-state index contributed by atoms with van der Waals surface area (Å²) in [6.07, 6.45) is 22.8. The van der Waals surface area contributed by atoms with Crippen LogP contribution in [0.5, 0.6) is 0 Å². The lowest BCUT2D eigenvalue weighted by Gasteiger charge is -2.58. The third kappa shape index (κ3) is 7.30. The molecule has 4 fully saturated rings. The van der Waals surface area contributed by atoms with Gasteiger partial charge in [0.1, 0.15) is 12.8 Å². The number of hydrogen-bond acceptors (Lipinski definition) is 5. The van der Waals surface area contributed by atoms with Gasteiger partial charge >= 0.3 is 11.9 Å². The van der Waals surface area contributed by atoms with E-state index in [0.717, 1.165) is 64.2 Å². The standard InChI is InChI=1S/C50H68F2O5/c1-30(8-7-25-51)42-15-17-45-41-13-10-35-27-36(19-22-48(35,4)46(41)21-24-49(42,45)5)55-28-34(29-56-47(54)31(2)52)43-16-18-44-40-12-9-33-26-37(57-32(3)53)11-14-38(33)39(40)20-23-50(43,44)6/h7-9,12-13,30,34-37,42-46H,2,10-11,14-29H2,1,3-6H3/b8-7+/t30-,34-,35?,36+,37+,42?,43?,44?,45?,46?,48+,49-,50-/m1/s1. The third-order valence-electron chi connectivity index (χ3n) is 17.8. The summed E-state index contributed by atoms with van der Waals surface area (Å²) >= 11 is 0. The van der Waals surface area contributed by atoms with E-state index < -0.39 is 11.8 Å². The Kier molecular flexibility index (Phi) is 11.5. The molecule has 8 rings (SSSR count). The highest BCUT2D eigenvalue weighted by molar-refractivity contribution is 5.85. The number of rotatable bonds is 11. The topological polar surface area (TPSA) is 61.8 Å². The van der Waals surface area contributed by atoms with Gasteiger partial charge in [-0.3, -0.25) is 4.79 Å². The van der Waals surface area contributed by atoms with Crippen molar-refractivity contribution in [2.24, 2.45) is 57.7 Å². The Labute approximate surface area is 340 Å². The number of alkyl halides is 1. The zero-order valence-electron chi connectivity index (χ0n) is 35.4. The summed E-state index contributed by atoms with van der Waals surface area (Å²) in [6, 6.07) is 4.63. The molecule has 7 aliphatic carbocycles. The Morgan fingerprint density at radius 2 is 1.61 bits per heavy atom. The van der Waals surface area contributed by atoms with Crippen LogP contribution in [0.1, 0.15) is 140 Å². The van der Waals surface area contributed by atoms with E-state index in [1.165, 1.54) is 61.3 Å². The Morgan fingerprint density at radius 3 is 2.39 bits per heavy atom. The second kappa shape index (κ2) is 16.0. The quantitative estimate of drug-likeness (QED) is 0.127. The predicted octanol–water partition coefficient (Wildman–Crippen LogP) is 11.3. The molecule has 13 atom stereocenters. The average Bonchev–Trinajstić information content (AvgIpc) is 3.73. The fourth-order valence-corrected chi connectivity index (χ4v) is 14.9. The lowest BCUT2D eigenvalue weighted by Crippen LogP contribution is -2.50. The number of esters is 2. The molecular weight excluding hydrogens is 719 g/mol. The normalized spacial score (nSPS) is 39.0. The molecule has 57 heavy (non-hydrogen) atoms. The second-order valence-corrected chi connectivity index (χ2v) is 20.4. The van der Waals surface area contributed by atoms with Gasteiger partial charge < -0.3 is 14.2 Å². The van der Waals surface area contributed by atoms with Crippen molar-refractivity contribution in [2.45, 2.75) is 149 Å². The number of carbonyl (C=O) groups is 2. The van der Waals surface area contributed by atoms with Crippen LogP contribution in [0.4, 0.5) is 8.78 Å². The van der Waals surface area contributed by atoms with E-state index >= 15 is 0 Å². The smallest absolute Gasteiger partial charge is 0.366 e. The minimum Gasteiger partial charge on any atom is -0.462 e. The molecule has 1 aromatic rings. The van der Waals surface area contributed by atoms with Gasteiger partial charge in [0.15, 0.2) is 0 Å². The first-order valence-electron chi connectivity index (χ1n) is 22.6. The van der Waals surface area contributed by atoms with E-state index in [-0.39, 0.29) is 54.1 Å². The lowest BCUT2D eigenvalue weighted by molar-refractivity contribution is -0.147. The summed E-state index contributed by atoms with van der Waals surface area (Å²) in [5, 5.41) is 0. The van der Waals surface area contributed by atoms with E-state index in [4.69, 9.17) is 14.2 Å². The Balaban J connectivity index is 0.951. The maximum absolute atomic E-state index is 13.9. The zero-order chi connectivity index (χ0) is 40.3. The maximum Gasteiger partial charge on any atom is 0.366 e. The molecule has 0 aromatic heterocycles. The summed E-state index contributed by atoms with van der Waals surface area (Å²) in [7, 11) is 0.